The van der Waals surface area contributed by atoms with Gasteiger partial charge in [0.2, 0.25) is 11.8 Å². The first kappa shape index (κ1) is 14.9. The molecule has 1 aromatic carbocycles. The molecule has 0 spiro atoms. The Morgan fingerprint density at radius 3 is 2.40 bits per heavy atom. The monoisotopic (exact) mass is 294 g/mol. The van der Waals surface area contributed by atoms with Crippen molar-refractivity contribution in [2.75, 3.05) is 11.9 Å². The summed E-state index contributed by atoms with van der Waals surface area (Å²) in [6.45, 7) is 6.40. The number of halogens is 1. The third kappa shape index (κ3) is 3.31. The van der Waals surface area contributed by atoms with Crippen molar-refractivity contribution in [1.82, 2.24) is 4.90 Å². The minimum absolute atomic E-state index is 0.0359. The summed E-state index contributed by atoms with van der Waals surface area (Å²) in [5.41, 5.74) is 0.452. The Kier molecular flexibility index (Phi) is 4.04. The lowest BCUT2D eigenvalue weighted by atomic mass is 10.1. The maximum atomic E-state index is 12.2. The zero-order valence-corrected chi connectivity index (χ0v) is 12.7. The largest absolute Gasteiger partial charge is 0.337 e. The van der Waals surface area contributed by atoms with E-state index in [1.165, 1.54) is 0 Å². The van der Waals surface area contributed by atoms with Crippen molar-refractivity contribution in [2.24, 2.45) is 5.92 Å². The summed E-state index contributed by atoms with van der Waals surface area (Å²) in [6, 6.07) is 6.94. The maximum Gasteiger partial charge on any atom is 0.229 e. The number of rotatable bonds is 2. The highest BCUT2D eigenvalue weighted by molar-refractivity contribution is 6.30. The fourth-order valence-electron chi connectivity index (χ4n) is 2.31. The molecule has 0 aromatic heterocycles. The van der Waals surface area contributed by atoms with E-state index in [9.17, 15) is 9.59 Å². The molecule has 1 N–H and O–H groups in total. The van der Waals surface area contributed by atoms with Gasteiger partial charge in [-0.2, -0.15) is 0 Å². The van der Waals surface area contributed by atoms with E-state index >= 15 is 0 Å². The molecular weight excluding hydrogens is 276 g/mol. The van der Waals surface area contributed by atoms with Crippen molar-refractivity contribution < 1.29 is 9.59 Å². The fraction of sp³-hybridized carbons (Fsp3) is 0.467. The highest BCUT2D eigenvalue weighted by atomic mass is 35.5. The minimum Gasteiger partial charge on any atom is -0.337 e. The topological polar surface area (TPSA) is 49.4 Å². The first-order valence-electron chi connectivity index (χ1n) is 6.64. The van der Waals surface area contributed by atoms with Crippen molar-refractivity contribution in [3.8, 4) is 0 Å². The van der Waals surface area contributed by atoms with Gasteiger partial charge in [-0.15, -0.1) is 0 Å². The molecule has 20 heavy (non-hydrogen) atoms. The summed E-state index contributed by atoms with van der Waals surface area (Å²) < 4.78 is 0. The van der Waals surface area contributed by atoms with Crippen LogP contribution in [0.5, 0.6) is 0 Å². The van der Waals surface area contributed by atoms with Gasteiger partial charge in [0.05, 0.1) is 5.92 Å². The predicted octanol–water partition coefficient (Wildman–Crippen LogP) is 2.93. The van der Waals surface area contributed by atoms with E-state index in [0.717, 1.165) is 0 Å². The van der Waals surface area contributed by atoms with Crippen LogP contribution in [-0.2, 0) is 9.59 Å². The molecule has 2 rings (SSSR count). The van der Waals surface area contributed by atoms with Gasteiger partial charge in [0, 0.05) is 29.2 Å². The number of carbonyl (C=O) groups is 2. The molecule has 1 unspecified atom stereocenters. The van der Waals surface area contributed by atoms with Crippen LogP contribution in [0, 0.1) is 5.92 Å². The molecule has 2 amide bonds. The molecule has 4 nitrogen and oxygen atoms in total. The van der Waals surface area contributed by atoms with Crippen LogP contribution in [0.15, 0.2) is 24.3 Å². The van der Waals surface area contributed by atoms with Crippen molar-refractivity contribution in [2.45, 2.75) is 32.7 Å². The fourth-order valence-corrected chi connectivity index (χ4v) is 2.43. The normalized spacial score (nSPS) is 19.3. The lowest BCUT2D eigenvalue weighted by Crippen LogP contribution is -2.42. The van der Waals surface area contributed by atoms with Crippen LogP contribution in [0.4, 0.5) is 5.69 Å². The van der Waals surface area contributed by atoms with Crippen LogP contribution < -0.4 is 5.32 Å². The molecule has 0 radical (unpaired) electrons. The average Bonchev–Trinajstić information content (AvgIpc) is 2.74. The van der Waals surface area contributed by atoms with Gasteiger partial charge in [-0.05, 0) is 45.0 Å². The molecule has 108 valence electrons. The Morgan fingerprint density at radius 1 is 1.30 bits per heavy atom. The summed E-state index contributed by atoms with van der Waals surface area (Å²) in [5.74, 6) is -0.376. The molecule has 0 saturated carbocycles. The Hall–Kier alpha value is -1.55. The summed E-state index contributed by atoms with van der Waals surface area (Å²) in [7, 11) is 0. The third-order valence-corrected chi connectivity index (χ3v) is 3.67. The second kappa shape index (κ2) is 5.44. The van der Waals surface area contributed by atoms with E-state index in [4.69, 9.17) is 11.6 Å². The molecule has 0 aliphatic carbocycles. The number of benzene rings is 1. The quantitative estimate of drug-likeness (QED) is 0.912. The smallest absolute Gasteiger partial charge is 0.229 e. The van der Waals surface area contributed by atoms with Gasteiger partial charge in [0.15, 0.2) is 0 Å². The standard InChI is InChI=1S/C15H19ClN2O2/c1-15(2,3)18-9-10(8-13(18)19)14(20)17-12-6-4-11(16)5-7-12/h4-7,10H,8-9H2,1-3H3,(H,17,20). The lowest BCUT2D eigenvalue weighted by molar-refractivity contribution is -0.131. The van der Waals surface area contributed by atoms with Gasteiger partial charge in [-0.25, -0.2) is 0 Å². The molecule has 1 atom stereocenters. The number of anilines is 1. The number of nitrogens with zero attached hydrogens (tertiary/aromatic N) is 1. The minimum atomic E-state index is -0.294. The average molecular weight is 295 g/mol. The van der Waals surface area contributed by atoms with Gasteiger partial charge >= 0.3 is 0 Å². The lowest BCUT2D eigenvalue weighted by Gasteiger charge is -2.31. The van der Waals surface area contributed by atoms with E-state index in [1.807, 2.05) is 20.8 Å². The van der Waals surface area contributed by atoms with Crippen LogP contribution in [0.1, 0.15) is 27.2 Å². The Balaban J connectivity index is 2.01. The van der Waals surface area contributed by atoms with E-state index in [1.54, 1.807) is 29.2 Å². The number of hydrogen-bond acceptors (Lipinski definition) is 2. The van der Waals surface area contributed by atoms with E-state index in [0.29, 0.717) is 17.3 Å². The van der Waals surface area contributed by atoms with Gasteiger partial charge in [-0.1, -0.05) is 11.6 Å². The molecule has 1 heterocycles. The first-order chi connectivity index (χ1) is 9.27. The first-order valence-corrected chi connectivity index (χ1v) is 7.02. The number of nitrogens with one attached hydrogen (secondary N) is 1. The number of hydrogen-bond donors (Lipinski definition) is 1. The highest BCUT2D eigenvalue weighted by Crippen LogP contribution is 2.26. The van der Waals surface area contributed by atoms with Crippen molar-refractivity contribution in [3.63, 3.8) is 0 Å². The summed E-state index contributed by atoms with van der Waals surface area (Å²) in [6.07, 6.45) is 0.274. The van der Waals surface area contributed by atoms with Crippen molar-refractivity contribution >= 4 is 29.1 Å². The van der Waals surface area contributed by atoms with E-state index in [2.05, 4.69) is 5.32 Å². The predicted molar refractivity (Wildman–Crippen MR) is 79.7 cm³/mol. The van der Waals surface area contributed by atoms with Crippen LogP contribution in [-0.4, -0.2) is 28.8 Å². The zero-order chi connectivity index (χ0) is 14.9. The second-order valence-electron chi connectivity index (χ2n) is 6.07. The molecule has 0 bridgehead atoms. The maximum absolute atomic E-state index is 12.2. The van der Waals surface area contributed by atoms with Crippen LogP contribution in [0.25, 0.3) is 0 Å². The van der Waals surface area contributed by atoms with Crippen LogP contribution in [0.2, 0.25) is 5.02 Å². The summed E-state index contributed by atoms with van der Waals surface area (Å²) >= 11 is 5.80. The molecule has 5 heteroatoms. The Labute approximate surface area is 124 Å². The number of likely N-dealkylation sites (tertiary alicyclic amines) is 1. The second-order valence-corrected chi connectivity index (χ2v) is 6.51. The molecule has 1 aliphatic heterocycles. The molecular formula is C15H19ClN2O2. The van der Waals surface area contributed by atoms with Gasteiger partial charge in [0.1, 0.15) is 0 Å². The summed E-state index contributed by atoms with van der Waals surface area (Å²) in [5, 5.41) is 3.45. The van der Waals surface area contributed by atoms with Gasteiger partial charge in [0.25, 0.3) is 0 Å². The zero-order valence-electron chi connectivity index (χ0n) is 11.9. The Morgan fingerprint density at radius 2 is 1.90 bits per heavy atom. The van der Waals surface area contributed by atoms with Crippen LogP contribution in [0.3, 0.4) is 0 Å². The molecule has 1 fully saturated rings. The third-order valence-electron chi connectivity index (χ3n) is 3.42. The molecule has 1 aliphatic rings. The Bertz CT molecular complexity index is 520. The van der Waals surface area contributed by atoms with Gasteiger partial charge < -0.3 is 10.2 Å². The summed E-state index contributed by atoms with van der Waals surface area (Å²) in [4.78, 5) is 25.9. The van der Waals surface area contributed by atoms with E-state index in [-0.39, 0.29) is 29.7 Å². The van der Waals surface area contributed by atoms with Crippen molar-refractivity contribution in [1.29, 1.82) is 0 Å². The number of carbonyl (C=O) groups excluding carboxylic acids is 2. The molecule has 1 saturated heterocycles. The number of amides is 2. The van der Waals surface area contributed by atoms with Crippen molar-refractivity contribution in [3.05, 3.63) is 29.3 Å². The highest BCUT2D eigenvalue weighted by Gasteiger charge is 2.39. The SMILES string of the molecule is CC(C)(C)N1CC(C(=O)Nc2ccc(Cl)cc2)CC1=O. The molecule has 1 aromatic rings. The van der Waals surface area contributed by atoms with Crippen LogP contribution >= 0.6 is 11.6 Å². The van der Waals surface area contributed by atoms with E-state index < -0.39 is 0 Å². The van der Waals surface area contributed by atoms with Gasteiger partial charge in [-0.3, -0.25) is 9.59 Å².